The van der Waals surface area contributed by atoms with Crippen molar-refractivity contribution < 1.29 is 39.6 Å². The average Bonchev–Trinajstić information content (AvgIpc) is 2.51. The van der Waals surface area contributed by atoms with Crippen LogP contribution in [0.1, 0.15) is 36.3 Å². The molecular weight excluding hydrogens is 332 g/mol. The number of aliphatic carboxylic acids is 4. The molecule has 0 bridgehead atoms. The lowest BCUT2D eigenvalue weighted by molar-refractivity contribution is -0.156. The second kappa shape index (κ2) is 6.92. The van der Waals surface area contributed by atoms with E-state index in [4.69, 9.17) is 5.11 Å². The summed E-state index contributed by atoms with van der Waals surface area (Å²) in [6, 6.07) is 6.15. The van der Waals surface area contributed by atoms with Gasteiger partial charge in [0.2, 0.25) is 0 Å². The first-order chi connectivity index (χ1) is 11.7. The van der Waals surface area contributed by atoms with Crippen molar-refractivity contribution in [3.63, 3.8) is 0 Å². The van der Waals surface area contributed by atoms with Crippen LogP contribution in [0.2, 0.25) is 0 Å². The van der Waals surface area contributed by atoms with E-state index < -0.39 is 59.9 Å². The molecule has 0 spiro atoms. The van der Waals surface area contributed by atoms with Crippen LogP contribution in [0.15, 0.2) is 24.3 Å². The Hall–Kier alpha value is -2.90. The Balaban J connectivity index is 2.68. The van der Waals surface area contributed by atoms with Crippen LogP contribution in [0.5, 0.6) is 0 Å². The van der Waals surface area contributed by atoms with Crippen LogP contribution in [-0.4, -0.2) is 44.3 Å². The maximum absolute atomic E-state index is 11.7. The molecule has 1 aromatic carbocycles. The monoisotopic (exact) mass is 350 g/mol. The Morgan fingerprint density at radius 3 is 1.96 bits per heavy atom. The fraction of sp³-hybridized carbons (Fsp3) is 0.412. The summed E-state index contributed by atoms with van der Waals surface area (Å²) in [6.07, 6.45) is -0.678. The molecule has 2 rings (SSSR count). The zero-order valence-corrected chi connectivity index (χ0v) is 13.3. The zero-order valence-electron chi connectivity index (χ0n) is 13.3. The van der Waals surface area contributed by atoms with Crippen LogP contribution in [-0.2, 0) is 19.2 Å². The highest BCUT2D eigenvalue weighted by Crippen LogP contribution is 2.50. The van der Waals surface area contributed by atoms with Crippen LogP contribution >= 0.6 is 0 Å². The SMILES string of the molecule is CC1C(C(=O)O)C(C(=O)O)c2ccccc2C1C(CC(=O)O)C(=O)O. The summed E-state index contributed by atoms with van der Waals surface area (Å²) in [5.74, 6) is -11.1. The van der Waals surface area contributed by atoms with E-state index in [0.717, 1.165) is 0 Å². The second-order valence-electron chi connectivity index (χ2n) is 6.24. The number of fused-ring (bicyclic) bond motifs is 1. The molecule has 0 amide bonds. The Morgan fingerprint density at radius 1 is 0.960 bits per heavy atom. The smallest absolute Gasteiger partial charge is 0.311 e. The molecule has 0 radical (unpaired) electrons. The zero-order chi connectivity index (χ0) is 18.9. The topological polar surface area (TPSA) is 149 Å². The number of carbonyl (C=O) groups is 4. The second-order valence-corrected chi connectivity index (χ2v) is 6.24. The number of hydrogen-bond donors (Lipinski definition) is 4. The maximum atomic E-state index is 11.7. The van der Waals surface area contributed by atoms with Crippen LogP contribution in [0.25, 0.3) is 0 Å². The summed E-state index contributed by atoms with van der Waals surface area (Å²) in [7, 11) is 0. The van der Waals surface area contributed by atoms with E-state index in [1.54, 1.807) is 18.2 Å². The van der Waals surface area contributed by atoms with E-state index >= 15 is 0 Å². The van der Waals surface area contributed by atoms with E-state index in [1.165, 1.54) is 13.0 Å². The minimum atomic E-state index is -1.36. The van der Waals surface area contributed by atoms with Gasteiger partial charge in [-0.1, -0.05) is 31.2 Å². The quantitative estimate of drug-likeness (QED) is 0.602. The maximum Gasteiger partial charge on any atom is 0.311 e. The van der Waals surface area contributed by atoms with E-state index in [2.05, 4.69) is 0 Å². The van der Waals surface area contributed by atoms with Gasteiger partial charge in [0.05, 0.1) is 24.2 Å². The Morgan fingerprint density at radius 2 is 1.52 bits per heavy atom. The summed E-state index contributed by atoms with van der Waals surface area (Å²) in [4.78, 5) is 46.2. The van der Waals surface area contributed by atoms with Crippen molar-refractivity contribution in [2.75, 3.05) is 0 Å². The third-order valence-electron chi connectivity index (χ3n) is 4.88. The van der Waals surface area contributed by atoms with Gasteiger partial charge in [0.1, 0.15) is 0 Å². The minimum Gasteiger partial charge on any atom is -0.481 e. The van der Waals surface area contributed by atoms with Crippen molar-refractivity contribution in [1.82, 2.24) is 0 Å². The fourth-order valence-corrected chi connectivity index (χ4v) is 3.89. The Kier molecular flexibility index (Phi) is 5.10. The first kappa shape index (κ1) is 18.4. The molecule has 1 aliphatic carbocycles. The van der Waals surface area contributed by atoms with Crippen molar-refractivity contribution in [2.45, 2.75) is 25.2 Å². The molecule has 0 saturated carbocycles. The van der Waals surface area contributed by atoms with Gasteiger partial charge in [-0.15, -0.1) is 0 Å². The molecule has 1 aromatic rings. The number of rotatable bonds is 6. The van der Waals surface area contributed by atoms with Crippen LogP contribution in [0, 0.1) is 17.8 Å². The summed E-state index contributed by atoms with van der Waals surface area (Å²) in [5.41, 5.74) is 0.607. The molecule has 1 aliphatic rings. The molecule has 0 saturated heterocycles. The van der Waals surface area contributed by atoms with Crippen molar-refractivity contribution in [2.24, 2.45) is 17.8 Å². The highest BCUT2D eigenvalue weighted by Gasteiger charge is 2.51. The van der Waals surface area contributed by atoms with Gasteiger partial charge in [-0.25, -0.2) is 0 Å². The standard InChI is InChI=1S/C17H18O8/c1-7-12(10(15(20)21)6-11(18)19)8-4-2-3-5-9(8)14(17(24)25)13(7)16(22)23/h2-5,7,10,12-14H,6H2,1H3,(H,18,19)(H,20,21)(H,22,23)(H,24,25). The van der Waals surface area contributed by atoms with Gasteiger partial charge < -0.3 is 20.4 Å². The van der Waals surface area contributed by atoms with Gasteiger partial charge >= 0.3 is 23.9 Å². The minimum absolute atomic E-state index is 0.224. The molecule has 0 aliphatic heterocycles. The van der Waals surface area contributed by atoms with Crippen molar-refractivity contribution in [3.05, 3.63) is 35.4 Å². The summed E-state index contributed by atoms with van der Waals surface area (Å²) < 4.78 is 0. The van der Waals surface area contributed by atoms with E-state index in [-0.39, 0.29) is 5.56 Å². The average molecular weight is 350 g/mol. The lowest BCUT2D eigenvalue weighted by Gasteiger charge is -2.41. The van der Waals surface area contributed by atoms with E-state index in [0.29, 0.717) is 5.56 Å². The molecule has 25 heavy (non-hydrogen) atoms. The molecule has 0 fully saturated rings. The summed E-state index contributed by atoms with van der Waals surface area (Å²) >= 11 is 0. The summed E-state index contributed by atoms with van der Waals surface area (Å²) in [6.45, 7) is 1.47. The highest BCUT2D eigenvalue weighted by atomic mass is 16.4. The third kappa shape index (κ3) is 3.33. The van der Waals surface area contributed by atoms with Crippen LogP contribution < -0.4 is 0 Å². The van der Waals surface area contributed by atoms with E-state index in [9.17, 15) is 34.5 Å². The molecule has 4 N–H and O–H groups in total. The molecule has 5 atom stereocenters. The van der Waals surface area contributed by atoms with Gasteiger partial charge in [-0.05, 0) is 17.0 Å². The first-order valence-corrected chi connectivity index (χ1v) is 7.65. The predicted molar refractivity (Wildman–Crippen MR) is 83.2 cm³/mol. The molecule has 0 heterocycles. The predicted octanol–water partition coefficient (Wildman–Crippen LogP) is 1.46. The highest BCUT2D eigenvalue weighted by molar-refractivity contribution is 5.87. The van der Waals surface area contributed by atoms with Crippen molar-refractivity contribution >= 4 is 23.9 Å². The fourth-order valence-electron chi connectivity index (χ4n) is 3.89. The molecule has 5 unspecified atom stereocenters. The van der Waals surface area contributed by atoms with Crippen molar-refractivity contribution in [3.8, 4) is 0 Å². The largest absolute Gasteiger partial charge is 0.481 e. The van der Waals surface area contributed by atoms with Crippen molar-refractivity contribution in [1.29, 1.82) is 0 Å². The van der Waals surface area contributed by atoms with Gasteiger partial charge in [-0.2, -0.15) is 0 Å². The molecule has 8 nitrogen and oxygen atoms in total. The van der Waals surface area contributed by atoms with Gasteiger partial charge in [0.15, 0.2) is 0 Å². The Bertz CT molecular complexity index is 725. The number of carboxylic acids is 4. The third-order valence-corrected chi connectivity index (χ3v) is 4.88. The van der Waals surface area contributed by atoms with Gasteiger partial charge in [-0.3, -0.25) is 19.2 Å². The molecule has 0 aromatic heterocycles. The van der Waals surface area contributed by atoms with Crippen LogP contribution in [0.3, 0.4) is 0 Å². The lowest BCUT2D eigenvalue weighted by Crippen LogP contribution is -2.43. The summed E-state index contributed by atoms with van der Waals surface area (Å²) in [5, 5.41) is 37.6. The molecular formula is C17H18O8. The van der Waals surface area contributed by atoms with Gasteiger partial charge in [0.25, 0.3) is 0 Å². The van der Waals surface area contributed by atoms with E-state index in [1.807, 2.05) is 0 Å². The number of carboxylic acid groups (broad SMARTS) is 4. The van der Waals surface area contributed by atoms with Crippen LogP contribution in [0.4, 0.5) is 0 Å². The lowest BCUT2D eigenvalue weighted by atomic mass is 9.60. The first-order valence-electron chi connectivity index (χ1n) is 7.65. The molecule has 8 heteroatoms. The Labute approximate surface area is 142 Å². The number of hydrogen-bond acceptors (Lipinski definition) is 4. The normalized spacial score (nSPS) is 26.3. The molecule has 134 valence electrons. The van der Waals surface area contributed by atoms with Gasteiger partial charge in [0, 0.05) is 5.92 Å². The number of benzene rings is 1.